The Hall–Kier alpha value is -3.22. The molecule has 0 spiro atoms. The molecule has 0 aliphatic carbocycles. The minimum absolute atomic E-state index is 0.181. The number of hydrogen-bond donors (Lipinski definition) is 1. The first-order chi connectivity index (χ1) is 11.9. The van der Waals surface area contributed by atoms with Gasteiger partial charge in [0.2, 0.25) is 5.95 Å². The largest absolute Gasteiger partial charge is 0.478 e. The van der Waals surface area contributed by atoms with Gasteiger partial charge in [-0.2, -0.15) is 9.49 Å². The fourth-order valence-corrected chi connectivity index (χ4v) is 2.66. The molecule has 2 heterocycles. The maximum atomic E-state index is 13.2. The number of carbonyl (C=O) groups is 1. The van der Waals surface area contributed by atoms with Crippen LogP contribution in [0.1, 0.15) is 21.6 Å². The zero-order chi connectivity index (χ0) is 18.1. The number of carboxylic acid groups (broad SMARTS) is 1. The summed E-state index contributed by atoms with van der Waals surface area (Å²) >= 11 is 0. The van der Waals surface area contributed by atoms with Crippen LogP contribution in [0.25, 0.3) is 11.1 Å². The summed E-state index contributed by atoms with van der Waals surface area (Å²) in [6, 6.07) is 5.77. The number of halogens is 1. The maximum Gasteiger partial charge on any atom is 0.335 e. The van der Waals surface area contributed by atoms with Crippen molar-refractivity contribution in [3.8, 4) is 22.6 Å². The van der Waals surface area contributed by atoms with E-state index in [-0.39, 0.29) is 5.56 Å². The van der Waals surface area contributed by atoms with E-state index in [0.29, 0.717) is 28.3 Å². The predicted octanol–water partition coefficient (Wildman–Crippen LogP) is 3.73. The van der Waals surface area contributed by atoms with E-state index >= 15 is 0 Å². The van der Waals surface area contributed by atoms with E-state index in [1.807, 2.05) is 0 Å². The molecule has 3 rings (SSSR count). The van der Waals surface area contributed by atoms with Gasteiger partial charge < -0.3 is 9.84 Å². The lowest BCUT2D eigenvalue weighted by Crippen LogP contribution is -2.03. The topological polar surface area (TPSA) is 77.2 Å². The van der Waals surface area contributed by atoms with Gasteiger partial charge >= 0.3 is 5.97 Å². The minimum Gasteiger partial charge on any atom is -0.478 e. The zero-order valence-electron chi connectivity index (χ0n) is 13.9. The van der Waals surface area contributed by atoms with Gasteiger partial charge in [0.15, 0.2) is 0 Å². The van der Waals surface area contributed by atoms with Crippen molar-refractivity contribution in [2.45, 2.75) is 13.8 Å². The van der Waals surface area contributed by atoms with E-state index in [1.165, 1.54) is 18.2 Å². The van der Waals surface area contributed by atoms with Crippen LogP contribution in [-0.4, -0.2) is 25.8 Å². The van der Waals surface area contributed by atoms with Crippen molar-refractivity contribution in [2.75, 3.05) is 0 Å². The molecule has 0 aliphatic heterocycles. The zero-order valence-corrected chi connectivity index (χ0v) is 13.9. The summed E-state index contributed by atoms with van der Waals surface area (Å²) in [5.41, 5.74) is 2.49. The number of benzene rings is 1. The Labute approximate surface area is 143 Å². The number of aryl methyl sites for hydroxylation is 2. The molecular formula is C18H16FN3O3. The molecule has 0 saturated heterocycles. The highest BCUT2D eigenvalue weighted by Crippen LogP contribution is 2.38. The Morgan fingerprint density at radius 3 is 2.52 bits per heavy atom. The van der Waals surface area contributed by atoms with E-state index in [4.69, 9.17) is 4.74 Å². The minimum atomic E-state index is -1.02. The fraction of sp³-hybridized carbons (Fsp3) is 0.167. The van der Waals surface area contributed by atoms with Gasteiger partial charge in [0.05, 0.1) is 17.5 Å². The molecule has 3 aromatic rings. The highest BCUT2D eigenvalue weighted by atomic mass is 19.1. The summed E-state index contributed by atoms with van der Waals surface area (Å²) in [6.07, 6.45) is 3.41. The van der Waals surface area contributed by atoms with E-state index in [1.54, 1.807) is 44.0 Å². The first-order valence-electron chi connectivity index (χ1n) is 7.53. The van der Waals surface area contributed by atoms with Crippen molar-refractivity contribution >= 4 is 5.97 Å². The number of hydrogen-bond acceptors (Lipinski definition) is 4. The van der Waals surface area contributed by atoms with Gasteiger partial charge in [-0.05, 0) is 43.7 Å². The van der Waals surface area contributed by atoms with Crippen LogP contribution in [0.5, 0.6) is 11.5 Å². The third kappa shape index (κ3) is 3.21. The SMILES string of the molecule is Cc1nc(F)ccc1Oc1ccc(C(=O)O)c(C)c1-c1cnn(C)c1. The molecule has 6 nitrogen and oxygen atoms in total. The van der Waals surface area contributed by atoms with Crippen LogP contribution in [0, 0.1) is 19.8 Å². The molecule has 0 atom stereocenters. The van der Waals surface area contributed by atoms with Gasteiger partial charge in [0, 0.05) is 24.4 Å². The number of pyridine rings is 1. The lowest BCUT2D eigenvalue weighted by molar-refractivity contribution is 0.0696. The fourth-order valence-electron chi connectivity index (χ4n) is 2.66. The molecule has 0 bridgehead atoms. The van der Waals surface area contributed by atoms with Crippen molar-refractivity contribution < 1.29 is 19.0 Å². The van der Waals surface area contributed by atoms with Crippen molar-refractivity contribution in [3.05, 3.63) is 59.4 Å². The van der Waals surface area contributed by atoms with Crippen LogP contribution in [-0.2, 0) is 7.05 Å². The molecular weight excluding hydrogens is 325 g/mol. The highest BCUT2D eigenvalue weighted by molar-refractivity contribution is 5.93. The van der Waals surface area contributed by atoms with Crippen molar-refractivity contribution in [1.82, 2.24) is 14.8 Å². The predicted molar refractivity (Wildman–Crippen MR) is 89.3 cm³/mol. The average molecular weight is 341 g/mol. The van der Waals surface area contributed by atoms with Gasteiger partial charge in [-0.15, -0.1) is 0 Å². The number of ether oxygens (including phenoxy) is 1. The Morgan fingerprint density at radius 2 is 1.92 bits per heavy atom. The van der Waals surface area contributed by atoms with Gasteiger partial charge in [-0.25, -0.2) is 9.78 Å². The van der Waals surface area contributed by atoms with E-state index in [9.17, 15) is 14.3 Å². The summed E-state index contributed by atoms with van der Waals surface area (Å²) in [5.74, 6) is -0.760. The van der Waals surface area contributed by atoms with E-state index in [2.05, 4.69) is 10.1 Å². The molecule has 0 radical (unpaired) electrons. The molecule has 1 N–H and O–H groups in total. The summed E-state index contributed by atoms with van der Waals surface area (Å²) in [4.78, 5) is 15.2. The van der Waals surface area contributed by atoms with Crippen molar-refractivity contribution in [2.24, 2.45) is 7.05 Å². The molecule has 0 saturated carbocycles. The Morgan fingerprint density at radius 1 is 1.20 bits per heavy atom. The number of aromatic nitrogens is 3. The second-order valence-corrected chi connectivity index (χ2v) is 5.64. The first kappa shape index (κ1) is 16.6. The lowest BCUT2D eigenvalue weighted by Gasteiger charge is -2.15. The number of aromatic carboxylic acids is 1. The molecule has 128 valence electrons. The molecule has 7 heteroatoms. The summed E-state index contributed by atoms with van der Waals surface area (Å²) in [6.45, 7) is 3.36. The average Bonchev–Trinajstić information content (AvgIpc) is 2.96. The number of nitrogens with zero attached hydrogens (tertiary/aromatic N) is 3. The molecule has 25 heavy (non-hydrogen) atoms. The third-order valence-corrected chi connectivity index (χ3v) is 3.87. The van der Waals surface area contributed by atoms with Crippen LogP contribution in [0.3, 0.4) is 0 Å². The van der Waals surface area contributed by atoms with Crippen LogP contribution in [0.4, 0.5) is 4.39 Å². The van der Waals surface area contributed by atoms with E-state index < -0.39 is 11.9 Å². The second kappa shape index (κ2) is 6.35. The smallest absolute Gasteiger partial charge is 0.335 e. The van der Waals surface area contributed by atoms with Gasteiger partial charge in [-0.1, -0.05) is 0 Å². The maximum absolute atomic E-state index is 13.2. The molecule has 0 amide bonds. The quantitative estimate of drug-likeness (QED) is 0.732. The Balaban J connectivity index is 2.15. The lowest BCUT2D eigenvalue weighted by atomic mass is 9.97. The third-order valence-electron chi connectivity index (χ3n) is 3.87. The summed E-state index contributed by atoms with van der Waals surface area (Å²) < 4.78 is 20.7. The summed E-state index contributed by atoms with van der Waals surface area (Å²) in [5, 5.41) is 13.5. The van der Waals surface area contributed by atoms with E-state index in [0.717, 1.165) is 5.56 Å². The second-order valence-electron chi connectivity index (χ2n) is 5.64. The molecule has 1 aromatic carbocycles. The number of rotatable bonds is 4. The standard InChI is InChI=1S/C18H16FN3O3/c1-10-13(18(23)24)4-5-15(17(10)12-8-20-22(3)9-12)25-14-6-7-16(19)21-11(14)2/h4-9H,1-3H3,(H,23,24). The number of carboxylic acids is 1. The van der Waals surface area contributed by atoms with Crippen molar-refractivity contribution in [1.29, 1.82) is 0 Å². The van der Waals surface area contributed by atoms with Crippen LogP contribution in [0.2, 0.25) is 0 Å². The van der Waals surface area contributed by atoms with Gasteiger partial charge in [0.1, 0.15) is 11.5 Å². The normalized spacial score (nSPS) is 10.7. The molecule has 0 unspecified atom stereocenters. The molecule has 0 aliphatic rings. The Bertz CT molecular complexity index is 966. The highest BCUT2D eigenvalue weighted by Gasteiger charge is 2.19. The van der Waals surface area contributed by atoms with Gasteiger partial charge in [0.25, 0.3) is 0 Å². The molecule has 2 aromatic heterocycles. The van der Waals surface area contributed by atoms with Crippen LogP contribution in [0.15, 0.2) is 36.7 Å². The van der Waals surface area contributed by atoms with Gasteiger partial charge in [-0.3, -0.25) is 4.68 Å². The Kier molecular flexibility index (Phi) is 4.22. The van der Waals surface area contributed by atoms with Crippen LogP contribution >= 0.6 is 0 Å². The monoisotopic (exact) mass is 341 g/mol. The van der Waals surface area contributed by atoms with Crippen LogP contribution < -0.4 is 4.74 Å². The summed E-state index contributed by atoms with van der Waals surface area (Å²) in [7, 11) is 1.77. The first-order valence-corrected chi connectivity index (χ1v) is 7.53. The molecule has 0 fully saturated rings. The van der Waals surface area contributed by atoms with Crippen molar-refractivity contribution in [3.63, 3.8) is 0 Å².